The third-order valence-electron chi connectivity index (χ3n) is 4.26. The molecule has 0 aliphatic heterocycles. The third-order valence-corrected chi connectivity index (χ3v) is 4.26. The average Bonchev–Trinajstić information content (AvgIpc) is 2.55. The van der Waals surface area contributed by atoms with Gasteiger partial charge in [-0.15, -0.1) is 0 Å². The Labute approximate surface area is 142 Å². The maximum atomic E-state index is 12.1. The number of primary amides is 1. The molecule has 0 radical (unpaired) electrons. The lowest BCUT2D eigenvalue weighted by molar-refractivity contribution is -0.151. The van der Waals surface area contributed by atoms with Crippen LogP contribution in [0.15, 0.2) is 48.6 Å². The van der Waals surface area contributed by atoms with Crippen LogP contribution in [0.2, 0.25) is 0 Å². The van der Waals surface area contributed by atoms with E-state index in [-0.39, 0.29) is 17.8 Å². The second kappa shape index (κ2) is 7.45. The molecule has 1 aliphatic rings. The Kier molecular flexibility index (Phi) is 5.57. The highest BCUT2D eigenvalue weighted by Crippen LogP contribution is 2.35. The van der Waals surface area contributed by atoms with Gasteiger partial charge in [0.25, 0.3) is 0 Å². The second-order valence-electron chi connectivity index (χ2n) is 6.52. The van der Waals surface area contributed by atoms with E-state index >= 15 is 0 Å². The van der Waals surface area contributed by atoms with Gasteiger partial charge in [-0.2, -0.15) is 0 Å². The SMILES string of the molecule is C[C@@H](OC(=O)CC1(C)C=CC(c2ccccc2)=CC1)[C@H](N)C(N)=O. The first-order valence-corrected chi connectivity index (χ1v) is 8.00. The van der Waals surface area contributed by atoms with Crippen LogP contribution in [0.3, 0.4) is 0 Å². The summed E-state index contributed by atoms with van der Waals surface area (Å²) in [5.41, 5.74) is 12.7. The van der Waals surface area contributed by atoms with Crippen LogP contribution in [-0.4, -0.2) is 24.0 Å². The van der Waals surface area contributed by atoms with Crippen molar-refractivity contribution in [1.82, 2.24) is 0 Å². The summed E-state index contributed by atoms with van der Waals surface area (Å²) < 4.78 is 5.23. The van der Waals surface area contributed by atoms with E-state index in [1.54, 1.807) is 6.92 Å². The molecule has 0 heterocycles. The number of hydrogen-bond acceptors (Lipinski definition) is 4. The van der Waals surface area contributed by atoms with Crippen LogP contribution in [0.25, 0.3) is 5.57 Å². The van der Waals surface area contributed by atoms with E-state index in [2.05, 4.69) is 18.2 Å². The summed E-state index contributed by atoms with van der Waals surface area (Å²) in [6, 6.07) is 9.10. The molecule has 1 aliphatic carbocycles. The molecule has 3 atom stereocenters. The van der Waals surface area contributed by atoms with Gasteiger partial charge in [-0.3, -0.25) is 9.59 Å². The molecule has 1 unspecified atom stereocenters. The number of esters is 1. The highest BCUT2D eigenvalue weighted by atomic mass is 16.5. The molecule has 0 aromatic heterocycles. The smallest absolute Gasteiger partial charge is 0.307 e. The summed E-state index contributed by atoms with van der Waals surface area (Å²) in [6.07, 6.45) is 6.42. The van der Waals surface area contributed by atoms with Crippen molar-refractivity contribution in [3.63, 3.8) is 0 Å². The molecule has 1 amide bonds. The molecule has 0 fully saturated rings. The summed E-state index contributed by atoms with van der Waals surface area (Å²) in [7, 11) is 0. The second-order valence-corrected chi connectivity index (χ2v) is 6.52. The van der Waals surface area contributed by atoms with Crippen LogP contribution in [-0.2, 0) is 14.3 Å². The zero-order valence-corrected chi connectivity index (χ0v) is 14.1. The van der Waals surface area contributed by atoms with Gasteiger partial charge in [-0.25, -0.2) is 0 Å². The summed E-state index contributed by atoms with van der Waals surface area (Å²) >= 11 is 0. The van der Waals surface area contributed by atoms with Gasteiger partial charge in [0.15, 0.2) is 0 Å². The Morgan fingerprint density at radius 1 is 1.29 bits per heavy atom. The topological polar surface area (TPSA) is 95.4 Å². The summed E-state index contributed by atoms with van der Waals surface area (Å²) in [5, 5.41) is 0. The molecule has 5 nitrogen and oxygen atoms in total. The van der Waals surface area contributed by atoms with E-state index in [1.807, 2.05) is 37.3 Å². The van der Waals surface area contributed by atoms with Crippen LogP contribution >= 0.6 is 0 Å². The minimum Gasteiger partial charge on any atom is -0.460 e. The summed E-state index contributed by atoms with van der Waals surface area (Å²) in [5.74, 6) is -1.07. The molecular weight excluding hydrogens is 304 g/mol. The molecule has 0 spiro atoms. The lowest BCUT2D eigenvalue weighted by atomic mass is 9.78. The van der Waals surface area contributed by atoms with Crippen molar-refractivity contribution in [2.45, 2.75) is 38.8 Å². The fourth-order valence-corrected chi connectivity index (χ4v) is 2.63. The quantitative estimate of drug-likeness (QED) is 0.782. The van der Waals surface area contributed by atoms with Crippen LogP contribution in [0, 0.1) is 5.41 Å². The van der Waals surface area contributed by atoms with Crippen molar-refractivity contribution in [2.75, 3.05) is 0 Å². The lowest BCUT2D eigenvalue weighted by Crippen LogP contribution is -2.46. The largest absolute Gasteiger partial charge is 0.460 e. The van der Waals surface area contributed by atoms with Gasteiger partial charge >= 0.3 is 5.97 Å². The van der Waals surface area contributed by atoms with E-state index in [4.69, 9.17) is 16.2 Å². The van der Waals surface area contributed by atoms with Crippen molar-refractivity contribution in [1.29, 1.82) is 0 Å². The molecule has 0 saturated carbocycles. The summed E-state index contributed by atoms with van der Waals surface area (Å²) in [6.45, 7) is 3.57. The Morgan fingerprint density at radius 2 is 1.96 bits per heavy atom. The van der Waals surface area contributed by atoms with Crippen molar-refractivity contribution < 1.29 is 14.3 Å². The van der Waals surface area contributed by atoms with Gasteiger partial charge in [0.2, 0.25) is 5.91 Å². The Morgan fingerprint density at radius 3 is 2.50 bits per heavy atom. The Balaban J connectivity index is 1.94. The Bertz CT molecular complexity index is 666. The van der Waals surface area contributed by atoms with Crippen molar-refractivity contribution in [3.05, 3.63) is 54.1 Å². The Hall–Kier alpha value is -2.40. The molecule has 4 N–H and O–H groups in total. The fraction of sp³-hybridized carbons (Fsp3) is 0.368. The maximum absolute atomic E-state index is 12.1. The first-order chi connectivity index (χ1) is 11.3. The molecule has 2 rings (SSSR count). The van der Waals surface area contributed by atoms with Crippen molar-refractivity contribution in [2.24, 2.45) is 16.9 Å². The zero-order chi connectivity index (χ0) is 17.7. The van der Waals surface area contributed by atoms with Gasteiger partial charge in [0.05, 0.1) is 6.42 Å². The number of carbonyl (C=O) groups excluding carboxylic acids is 2. The zero-order valence-electron chi connectivity index (χ0n) is 14.1. The minimum atomic E-state index is -0.992. The van der Waals surface area contributed by atoms with Gasteiger partial charge in [0.1, 0.15) is 12.1 Å². The van der Waals surface area contributed by atoms with E-state index in [0.717, 1.165) is 17.6 Å². The van der Waals surface area contributed by atoms with Crippen molar-refractivity contribution >= 4 is 17.4 Å². The van der Waals surface area contributed by atoms with E-state index in [1.165, 1.54) is 0 Å². The van der Waals surface area contributed by atoms with Gasteiger partial charge in [0, 0.05) is 0 Å². The van der Waals surface area contributed by atoms with E-state index < -0.39 is 18.1 Å². The first kappa shape index (κ1) is 17.9. The lowest BCUT2D eigenvalue weighted by Gasteiger charge is -2.28. The predicted octanol–water partition coefficient (Wildman–Crippen LogP) is 2.17. The standard InChI is InChI=1S/C19H24N2O3/c1-13(17(20)18(21)23)24-16(22)12-19(2)10-8-15(9-11-19)14-6-4-3-5-7-14/h3-10,13,17H,11-12,20H2,1-2H3,(H2,21,23)/t13-,17+,19?/m1/s1. The highest BCUT2D eigenvalue weighted by molar-refractivity contribution is 5.81. The number of ether oxygens (including phenoxy) is 1. The van der Waals surface area contributed by atoms with Crippen LogP contribution in [0.1, 0.15) is 32.3 Å². The molecule has 0 saturated heterocycles. The number of benzene rings is 1. The van der Waals surface area contributed by atoms with Gasteiger partial charge in [-0.05, 0) is 29.9 Å². The molecule has 0 bridgehead atoms. The number of carbonyl (C=O) groups is 2. The van der Waals surface area contributed by atoms with Crippen molar-refractivity contribution in [3.8, 4) is 0 Å². The van der Waals surface area contributed by atoms with Crippen LogP contribution in [0.5, 0.6) is 0 Å². The van der Waals surface area contributed by atoms with Gasteiger partial charge < -0.3 is 16.2 Å². The normalized spacial score (nSPS) is 22.4. The number of rotatable bonds is 6. The van der Waals surface area contributed by atoms with E-state index in [9.17, 15) is 9.59 Å². The minimum absolute atomic E-state index is 0.220. The van der Waals surface area contributed by atoms with Crippen LogP contribution in [0.4, 0.5) is 0 Å². The number of nitrogens with two attached hydrogens (primary N) is 2. The highest BCUT2D eigenvalue weighted by Gasteiger charge is 2.29. The van der Waals surface area contributed by atoms with Crippen LogP contribution < -0.4 is 11.5 Å². The average molecular weight is 328 g/mol. The first-order valence-electron chi connectivity index (χ1n) is 8.00. The maximum Gasteiger partial charge on any atom is 0.307 e. The van der Waals surface area contributed by atoms with E-state index in [0.29, 0.717) is 0 Å². The number of allylic oxidation sites excluding steroid dienone is 4. The monoisotopic (exact) mass is 328 g/mol. The fourth-order valence-electron chi connectivity index (χ4n) is 2.63. The predicted molar refractivity (Wildman–Crippen MR) is 93.6 cm³/mol. The molecule has 128 valence electrons. The number of amides is 1. The third kappa shape index (κ3) is 4.55. The molecule has 24 heavy (non-hydrogen) atoms. The molecular formula is C19H24N2O3. The number of hydrogen-bond donors (Lipinski definition) is 2. The van der Waals surface area contributed by atoms with Gasteiger partial charge in [-0.1, -0.05) is 55.5 Å². The molecule has 1 aromatic carbocycles. The summed E-state index contributed by atoms with van der Waals surface area (Å²) in [4.78, 5) is 23.2. The molecule has 5 heteroatoms. The molecule has 1 aromatic rings.